The minimum Gasteiger partial charge on any atom is -0.320 e. The second kappa shape index (κ2) is 5.95. The Balaban J connectivity index is 2.15. The molecule has 2 nitrogen and oxygen atoms in total. The SMILES string of the molecule is CN(C)Cc1ccc(C(N)c2ccc(F)cc2)cc1. The Labute approximate surface area is 113 Å². The molecule has 2 aromatic carbocycles. The number of hydrogen-bond donors (Lipinski definition) is 1. The number of nitrogens with zero attached hydrogens (tertiary/aromatic N) is 1. The molecule has 0 aliphatic carbocycles. The van der Waals surface area contributed by atoms with E-state index in [-0.39, 0.29) is 11.9 Å². The Morgan fingerprint density at radius 3 is 1.89 bits per heavy atom. The molecule has 0 amide bonds. The molecule has 3 heteroatoms. The van der Waals surface area contributed by atoms with E-state index in [1.807, 2.05) is 26.2 Å². The van der Waals surface area contributed by atoms with E-state index in [0.29, 0.717) is 0 Å². The zero-order chi connectivity index (χ0) is 13.8. The number of nitrogens with two attached hydrogens (primary N) is 1. The quantitative estimate of drug-likeness (QED) is 0.913. The second-order valence-corrected chi connectivity index (χ2v) is 5.01. The molecule has 2 aromatic rings. The number of benzene rings is 2. The summed E-state index contributed by atoms with van der Waals surface area (Å²) < 4.78 is 12.9. The molecule has 0 radical (unpaired) electrons. The molecular weight excluding hydrogens is 239 g/mol. The molecular formula is C16H19FN2. The van der Waals surface area contributed by atoms with E-state index in [2.05, 4.69) is 17.0 Å². The summed E-state index contributed by atoms with van der Waals surface area (Å²) in [6.07, 6.45) is 0. The van der Waals surface area contributed by atoms with Crippen LogP contribution in [0, 0.1) is 5.82 Å². The minimum atomic E-state index is -0.239. The van der Waals surface area contributed by atoms with E-state index in [0.717, 1.165) is 17.7 Å². The number of halogens is 1. The van der Waals surface area contributed by atoms with E-state index < -0.39 is 0 Å². The van der Waals surface area contributed by atoms with E-state index >= 15 is 0 Å². The summed E-state index contributed by atoms with van der Waals surface area (Å²) in [5.74, 6) is -0.239. The first kappa shape index (κ1) is 13.7. The van der Waals surface area contributed by atoms with Gasteiger partial charge in [-0.25, -0.2) is 4.39 Å². The van der Waals surface area contributed by atoms with Crippen LogP contribution in [-0.4, -0.2) is 19.0 Å². The van der Waals surface area contributed by atoms with Crippen LogP contribution in [0.2, 0.25) is 0 Å². The average molecular weight is 258 g/mol. The van der Waals surface area contributed by atoms with Crippen LogP contribution in [0.4, 0.5) is 4.39 Å². The lowest BCUT2D eigenvalue weighted by molar-refractivity contribution is 0.402. The summed E-state index contributed by atoms with van der Waals surface area (Å²) in [6.45, 7) is 0.909. The van der Waals surface area contributed by atoms with Crippen LogP contribution in [0.1, 0.15) is 22.7 Å². The van der Waals surface area contributed by atoms with E-state index in [4.69, 9.17) is 5.73 Å². The van der Waals surface area contributed by atoms with Gasteiger partial charge < -0.3 is 10.6 Å². The van der Waals surface area contributed by atoms with Crippen molar-refractivity contribution in [1.29, 1.82) is 0 Å². The van der Waals surface area contributed by atoms with Gasteiger partial charge in [0.1, 0.15) is 5.82 Å². The van der Waals surface area contributed by atoms with E-state index in [1.165, 1.54) is 17.7 Å². The van der Waals surface area contributed by atoms with Crippen molar-refractivity contribution in [3.8, 4) is 0 Å². The lowest BCUT2D eigenvalue weighted by atomic mass is 9.98. The fraction of sp³-hybridized carbons (Fsp3) is 0.250. The van der Waals surface area contributed by atoms with E-state index in [9.17, 15) is 4.39 Å². The monoisotopic (exact) mass is 258 g/mol. The lowest BCUT2D eigenvalue weighted by Gasteiger charge is -2.14. The van der Waals surface area contributed by atoms with Crippen molar-refractivity contribution in [2.75, 3.05) is 14.1 Å². The van der Waals surface area contributed by atoms with Gasteiger partial charge in [0.05, 0.1) is 6.04 Å². The molecule has 0 aliphatic rings. The molecule has 1 atom stereocenters. The summed E-state index contributed by atoms with van der Waals surface area (Å²) >= 11 is 0. The molecule has 2 N–H and O–H groups in total. The number of rotatable bonds is 4. The largest absolute Gasteiger partial charge is 0.320 e. The summed E-state index contributed by atoms with van der Waals surface area (Å²) in [7, 11) is 4.08. The van der Waals surface area contributed by atoms with Crippen LogP contribution in [0.3, 0.4) is 0 Å². The zero-order valence-electron chi connectivity index (χ0n) is 11.3. The van der Waals surface area contributed by atoms with Crippen molar-refractivity contribution in [2.45, 2.75) is 12.6 Å². The van der Waals surface area contributed by atoms with Crippen LogP contribution in [0.5, 0.6) is 0 Å². The van der Waals surface area contributed by atoms with Crippen LogP contribution in [-0.2, 0) is 6.54 Å². The van der Waals surface area contributed by atoms with Gasteiger partial charge in [0, 0.05) is 6.54 Å². The molecule has 0 aromatic heterocycles. The van der Waals surface area contributed by atoms with Crippen LogP contribution in [0.25, 0.3) is 0 Å². The molecule has 0 fully saturated rings. The van der Waals surface area contributed by atoms with Crippen LogP contribution >= 0.6 is 0 Å². The molecule has 1 unspecified atom stereocenters. The molecule has 0 saturated carbocycles. The maximum absolute atomic E-state index is 12.9. The van der Waals surface area contributed by atoms with Crippen molar-refractivity contribution in [2.24, 2.45) is 5.73 Å². The Morgan fingerprint density at radius 2 is 1.42 bits per heavy atom. The average Bonchev–Trinajstić information content (AvgIpc) is 2.39. The Hall–Kier alpha value is -1.71. The smallest absolute Gasteiger partial charge is 0.123 e. The fourth-order valence-corrected chi connectivity index (χ4v) is 2.06. The van der Waals surface area contributed by atoms with Crippen LogP contribution < -0.4 is 5.73 Å². The first-order chi connectivity index (χ1) is 9.06. The highest BCUT2D eigenvalue weighted by Gasteiger charge is 2.08. The molecule has 0 saturated heterocycles. The second-order valence-electron chi connectivity index (χ2n) is 5.01. The summed E-state index contributed by atoms with van der Waals surface area (Å²) in [5, 5.41) is 0. The molecule has 0 aliphatic heterocycles. The third kappa shape index (κ3) is 3.63. The van der Waals surface area contributed by atoms with Gasteiger partial charge in [-0.15, -0.1) is 0 Å². The third-order valence-electron chi connectivity index (χ3n) is 3.07. The summed E-state index contributed by atoms with van der Waals surface area (Å²) in [5.41, 5.74) is 9.39. The normalized spacial score (nSPS) is 12.7. The Kier molecular flexibility index (Phi) is 4.30. The van der Waals surface area contributed by atoms with Crippen molar-refractivity contribution in [1.82, 2.24) is 4.90 Å². The van der Waals surface area contributed by atoms with Gasteiger partial charge in [-0.2, -0.15) is 0 Å². The molecule has 100 valence electrons. The van der Waals surface area contributed by atoms with Gasteiger partial charge in [-0.3, -0.25) is 0 Å². The minimum absolute atomic E-state index is 0.214. The van der Waals surface area contributed by atoms with Crippen LogP contribution in [0.15, 0.2) is 48.5 Å². The van der Waals surface area contributed by atoms with Crippen molar-refractivity contribution in [3.05, 3.63) is 71.0 Å². The van der Waals surface area contributed by atoms with E-state index in [1.54, 1.807) is 12.1 Å². The highest BCUT2D eigenvalue weighted by atomic mass is 19.1. The van der Waals surface area contributed by atoms with Gasteiger partial charge in [-0.1, -0.05) is 36.4 Å². The fourth-order valence-electron chi connectivity index (χ4n) is 2.06. The third-order valence-corrected chi connectivity index (χ3v) is 3.07. The van der Waals surface area contributed by atoms with Crippen molar-refractivity contribution in [3.63, 3.8) is 0 Å². The van der Waals surface area contributed by atoms with Gasteiger partial charge in [0.25, 0.3) is 0 Å². The predicted molar refractivity (Wildman–Crippen MR) is 76.3 cm³/mol. The Bertz CT molecular complexity index is 517. The summed E-state index contributed by atoms with van der Waals surface area (Å²) in [4.78, 5) is 2.12. The molecule has 19 heavy (non-hydrogen) atoms. The predicted octanol–water partition coefficient (Wildman–Crippen LogP) is 2.94. The highest BCUT2D eigenvalue weighted by Crippen LogP contribution is 2.20. The summed E-state index contributed by atoms with van der Waals surface area (Å²) in [6, 6.07) is 14.4. The standard InChI is InChI=1S/C16H19FN2/c1-19(2)11-12-3-5-13(6-4-12)16(18)14-7-9-15(17)10-8-14/h3-10,16H,11,18H2,1-2H3. The Morgan fingerprint density at radius 1 is 0.947 bits per heavy atom. The first-order valence-electron chi connectivity index (χ1n) is 6.31. The lowest BCUT2D eigenvalue weighted by Crippen LogP contribution is -2.13. The zero-order valence-corrected chi connectivity index (χ0v) is 11.3. The molecule has 0 bridgehead atoms. The highest BCUT2D eigenvalue weighted by molar-refractivity contribution is 5.33. The molecule has 0 spiro atoms. The number of hydrogen-bond acceptors (Lipinski definition) is 2. The van der Waals surface area contributed by atoms with Crippen molar-refractivity contribution < 1.29 is 4.39 Å². The first-order valence-corrected chi connectivity index (χ1v) is 6.31. The van der Waals surface area contributed by atoms with Gasteiger partial charge >= 0.3 is 0 Å². The van der Waals surface area contributed by atoms with Gasteiger partial charge in [0.15, 0.2) is 0 Å². The topological polar surface area (TPSA) is 29.3 Å². The molecule has 0 heterocycles. The maximum atomic E-state index is 12.9. The van der Waals surface area contributed by atoms with Crippen molar-refractivity contribution >= 4 is 0 Å². The van der Waals surface area contributed by atoms with Gasteiger partial charge in [-0.05, 0) is 42.9 Å². The molecule has 2 rings (SSSR count). The van der Waals surface area contributed by atoms with Gasteiger partial charge in [0.2, 0.25) is 0 Å². The maximum Gasteiger partial charge on any atom is 0.123 e.